The molecule has 0 fully saturated rings. The van der Waals surface area contributed by atoms with Gasteiger partial charge in [-0.2, -0.15) is 0 Å². The average Bonchev–Trinajstić information content (AvgIpc) is 2.62. The van der Waals surface area contributed by atoms with Crippen LogP contribution in [0.1, 0.15) is 31.1 Å². The number of carbonyl (C=O) groups is 2. The van der Waals surface area contributed by atoms with Gasteiger partial charge in [-0.05, 0) is 50.2 Å². The van der Waals surface area contributed by atoms with E-state index in [0.29, 0.717) is 46.3 Å². The van der Waals surface area contributed by atoms with Crippen molar-refractivity contribution in [2.75, 3.05) is 18.4 Å². The number of carbonyl (C=O) groups excluding carboxylic acids is 2. The van der Waals surface area contributed by atoms with Gasteiger partial charge in [0.25, 0.3) is 5.91 Å². The summed E-state index contributed by atoms with van der Waals surface area (Å²) in [4.78, 5) is 38.2. The second kappa shape index (κ2) is 7.00. The number of hydrogen-bond acceptors (Lipinski definition) is 4. The van der Waals surface area contributed by atoms with Crippen molar-refractivity contribution in [3.8, 4) is 0 Å². The molecule has 1 aromatic heterocycles. The molecule has 2 aromatic carbocycles. The smallest absolute Gasteiger partial charge is 0.253 e. The second-order valence-corrected chi connectivity index (χ2v) is 6.01. The van der Waals surface area contributed by atoms with E-state index in [0.717, 1.165) is 0 Å². The number of nitrogens with zero attached hydrogens (tertiary/aromatic N) is 1. The first-order valence-electron chi connectivity index (χ1n) is 8.52. The lowest BCUT2D eigenvalue weighted by atomic mass is 10.1. The molecule has 3 rings (SSSR count). The van der Waals surface area contributed by atoms with Crippen molar-refractivity contribution in [2.45, 2.75) is 20.8 Å². The van der Waals surface area contributed by atoms with Gasteiger partial charge in [-0.25, -0.2) is 0 Å². The molecule has 134 valence electrons. The molecule has 3 aromatic rings. The molecule has 0 aliphatic rings. The molecule has 0 unspecified atom stereocenters. The van der Waals surface area contributed by atoms with Crippen LogP contribution in [0.25, 0.3) is 21.9 Å². The fraction of sp³-hybridized carbons (Fsp3) is 0.250. The third-order valence-corrected chi connectivity index (χ3v) is 4.29. The van der Waals surface area contributed by atoms with Gasteiger partial charge in [0.1, 0.15) is 11.2 Å². The van der Waals surface area contributed by atoms with Crippen molar-refractivity contribution in [3.05, 3.63) is 52.2 Å². The zero-order valence-corrected chi connectivity index (χ0v) is 15.0. The highest BCUT2D eigenvalue weighted by Gasteiger charge is 2.15. The van der Waals surface area contributed by atoms with Crippen molar-refractivity contribution in [3.63, 3.8) is 0 Å². The van der Waals surface area contributed by atoms with Crippen LogP contribution in [0.3, 0.4) is 0 Å². The van der Waals surface area contributed by atoms with Crippen molar-refractivity contribution in [1.82, 2.24) is 4.90 Å². The standard InChI is InChI=1S/C20H20N2O4/c1-4-22(5-2)20(25)13-6-8-15-18(10-13)26-17-9-7-14(21-12(3)23)11-16(17)19(15)24/h6-11H,4-5H2,1-3H3,(H,21,23). The summed E-state index contributed by atoms with van der Waals surface area (Å²) in [5.41, 5.74) is 1.59. The summed E-state index contributed by atoms with van der Waals surface area (Å²) in [6.45, 7) is 6.47. The van der Waals surface area contributed by atoms with Crippen LogP contribution in [0.4, 0.5) is 5.69 Å². The molecule has 0 radical (unpaired) electrons. The molecule has 2 amide bonds. The molecule has 1 heterocycles. The highest BCUT2D eigenvalue weighted by atomic mass is 16.3. The highest BCUT2D eigenvalue weighted by Crippen LogP contribution is 2.23. The Labute approximate surface area is 150 Å². The Morgan fingerprint density at radius 3 is 2.38 bits per heavy atom. The van der Waals surface area contributed by atoms with E-state index in [1.807, 2.05) is 13.8 Å². The highest BCUT2D eigenvalue weighted by molar-refractivity contribution is 5.99. The van der Waals surface area contributed by atoms with E-state index in [2.05, 4.69) is 5.32 Å². The van der Waals surface area contributed by atoms with Crippen LogP contribution in [0.15, 0.2) is 45.6 Å². The van der Waals surface area contributed by atoms with Crippen LogP contribution in [0, 0.1) is 0 Å². The van der Waals surface area contributed by atoms with E-state index in [-0.39, 0.29) is 17.2 Å². The summed E-state index contributed by atoms with van der Waals surface area (Å²) in [5.74, 6) is -0.310. The molecular weight excluding hydrogens is 332 g/mol. The minimum atomic E-state index is -0.214. The van der Waals surface area contributed by atoms with Crippen LogP contribution >= 0.6 is 0 Å². The van der Waals surface area contributed by atoms with Crippen LogP contribution in [-0.2, 0) is 4.79 Å². The van der Waals surface area contributed by atoms with E-state index in [1.54, 1.807) is 41.3 Å². The predicted molar refractivity (Wildman–Crippen MR) is 102 cm³/mol. The average molecular weight is 352 g/mol. The molecule has 0 aliphatic carbocycles. The summed E-state index contributed by atoms with van der Waals surface area (Å²) >= 11 is 0. The molecule has 0 aliphatic heterocycles. The quantitative estimate of drug-likeness (QED) is 0.730. The maximum atomic E-state index is 12.8. The summed E-state index contributed by atoms with van der Waals surface area (Å²) < 4.78 is 5.84. The van der Waals surface area contributed by atoms with E-state index < -0.39 is 0 Å². The van der Waals surface area contributed by atoms with Gasteiger partial charge in [-0.3, -0.25) is 14.4 Å². The third-order valence-electron chi connectivity index (χ3n) is 4.29. The van der Waals surface area contributed by atoms with Gasteiger partial charge in [-0.15, -0.1) is 0 Å². The summed E-state index contributed by atoms with van der Waals surface area (Å²) in [7, 11) is 0. The minimum Gasteiger partial charge on any atom is -0.456 e. The van der Waals surface area contributed by atoms with Crippen molar-refractivity contribution in [2.24, 2.45) is 0 Å². The lowest BCUT2D eigenvalue weighted by Crippen LogP contribution is -2.30. The largest absolute Gasteiger partial charge is 0.456 e. The first-order chi connectivity index (χ1) is 12.4. The Balaban J connectivity index is 2.14. The Morgan fingerprint density at radius 1 is 1.00 bits per heavy atom. The van der Waals surface area contributed by atoms with Gasteiger partial charge in [0.15, 0.2) is 0 Å². The molecule has 0 saturated heterocycles. The molecule has 1 N–H and O–H groups in total. The van der Waals surface area contributed by atoms with Gasteiger partial charge in [0.05, 0.1) is 10.8 Å². The molecule has 0 saturated carbocycles. The second-order valence-electron chi connectivity index (χ2n) is 6.01. The van der Waals surface area contributed by atoms with E-state index in [4.69, 9.17) is 4.42 Å². The fourth-order valence-electron chi connectivity index (χ4n) is 2.96. The number of anilines is 1. The summed E-state index contributed by atoms with van der Waals surface area (Å²) in [6.07, 6.45) is 0. The number of amides is 2. The first kappa shape index (κ1) is 17.7. The molecule has 0 atom stereocenters. The number of nitrogens with one attached hydrogen (secondary N) is 1. The van der Waals surface area contributed by atoms with Gasteiger partial charge in [0, 0.05) is 31.3 Å². The summed E-state index contributed by atoms with van der Waals surface area (Å²) in [5, 5.41) is 3.43. The Morgan fingerprint density at radius 2 is 1.73 bits per heavy atom. The molecule has 6 nitrogen and oxygen atoms in total. The van der Waals surface area contributed by atoms with Crippen LogP contribution < -0.4 is 10.7 Å². The zero-order valence-electron chi connectivity index (χ0n) is 15.0. The van der Waals surface area contributed by atoms with Gasteiger partial charge in [0.2, 0.25) is 11.3 Å². The zero-order chi connectivity index (χ0) is 18.8. The van der Waals surface area contributed by atoms with Crippen molar-refractivity contribution >= 4 is 39.4 Å². The molecule has 0 bridgehead atoms. The number of fused-ring (bicyclic) bond motifs is 2. The normalized spacial score (nSPS) is 10.9. The van der Waals surface area contributed by atoms with Crippen molar-refractivity contribution in [1.29, 1.82) is 0 Å². The monoisotopic (exact) mass is 352 g/mol. The predicted octanol–water partition coefficient (Wildman–Crippen LogP) is 3.39. The van der Waals surface area contributed by atoms with Crippen molar-refractivity contribution < 1.29 is 14.0 Å². The van der Waals surface area contributed by atoms with Crippen LogP contribution in [0.2, 0.25) is 0 Å². The van der Waals surface area contributed by atoms with E-state index >= 15 is 0 Å². The molecule has 0 spiro atoms. The lowest BCUT2D eigenvalue weighted by Gasteiger charge is -2.18. The van der Waals surface area contributed by atoms with E-state index in [9.17, 15) is 14.4 Å². The van der Waals surface area contributed by atoms with Crippen LogP contribution in [0.5, 0.6) is 0 Å². The maximum absolute atomic E-state index is 12.8. The first-order valence-corrected chi connectivity index (χ1v) is 8.52. The molecule has 26 heavy (non-hydrogen) atoms. The minimum absolute atomic E-state index is 0.0966. The van der Waals surface area contributed by atoms with Gasteiger partial charge >= 0.3 is 0 Å². The Kier molecular flexibility index (Phi) is 4.75. The third kappa shape index (κ3) is 3.18. The summed E-state index contributed by atoms with van der Waals surface area (Å²) in [6, 6.07) is 9.77. The topological polar surface area (TPSA) is 79.6 Å². The molecular formula is C20H20N2O4. The lowest BCUT2D eigenvalue weighted by molar-refractivity contribution is -0.114. The Hall–Kier alpha value is -3.15. The van der Waals surface area contributed by atoms with Gasteiger partial charge in [-0.1, -0.05) is 0 Å². The number of benzene rings is 2. The fourth-order valence-corrected chi connectivity index (χ4v) is 2.96. The van der Waals surface area contributed by atoms with Gasteiger partial charge < -0.3 is 14.6 Å². The van der Waals surface area contributed by atoms with Crippen LogP contribution in [-0.4, -0.2) is 29.8 Å². The maximum Gasteiger partial charge on any atom is 0.253 e. The van der Waals surface area contributed by atoms with E-state index in [1.165, 1.54) is 6.92 Å². The molecule has 6 heteroatoms. The SMILES string of the molecule is CCN(CC)C(=O)c1ccc2c(=O)c3cc(NC(C)=O)ccc3oc2c1. The number of hydrogen-bond donors (Lipinski definition) is 1. The number of rotatable bonds is 4. The Bertz CT molecular complexity index is 1060.